The topological polar surface area (TPSA) is 119 Å². The van der Waals surface area contributed by atoms with Crippen molar-refractivity contribution in [2.24, 2.45) is 0 Å². The first-order chi connectivity index (χ1) is 9.08. The lowest BCUT2D eigenvalue weighted by atomic mass is 10.3. The second-order valence-corrected chi connectivity index (χ2v) is 4.20. The summed E-state index contributed by atoms with van der Waals surface area (Å²) in [5, 5.41) is 20.0. The van der Waals surface area contributed by atoms with Gasteiger partial charge in [0.1, 0.15) is 11.2 Å². The first-order valence-corrected chi connectivity index (χ1v) is 5.72. The quantitative estimate of drug-likeness (QED) is 0.509. The summed E-state index contributed by atoms with van der Waals surface area (Å²) >= 11 is 0.926. The highest BCUT2D eigenvalue weighted by molar-refractivity contribution is 7.99. The van der Waals surface area contributed by atoms with E-state index in [9.17, 15) is 14.9 Å². The van der Waals surface area contributed by atoms with E-state index in [0.717, 1.165) is 24.0 Å². The smallest absolute Gasteiger partial charge is 0.338 e. The molecule has 0 amide bonds. The van der Waals surface area contributed by atoms with Crippen LogP contribution in [0.25, 0.3) is 0 Å². The van der Waals surface area contributed by atoms with Crippen molar-refractivity contribution >= 4 is 23.4 Å². The summed E-state index contributed by atoms with van der Waals surface area (Å²) in [6.07, 6.45) is 4.00. The molecule has 0 aromatic carbocycles. The Balaban J connectivity index is 2.40. The predicted octanol–water partition coefficient (Wildman–Crippen LogP) is 1.63. The molecule has 0 aliphatic heterocycles. The van der Waals surface area contributed by atoms with Crippen molar-refractivity contribution in [3.63, 3.8) is 0 Å². The van der Waals surface area contributed by atoms with Crippen LogP contribution in [0.15, 0.2) is 40.9 Å². The molecule has 8 nitrogen and oxygen atoms in total. The Morgan fingerprint density at radius 2 is 2.00 bits per heavy atom. The van der Waals surface area contributed by atoms with E-state index < -0.39 is 10.9 Å². The van der Waals surface area contributed by atoms with E-state index in [2.05, 4.69) is 15.0 Å². The normalized spacial score (nSPS) is 10.1. The molecule has 0 atom stereocenters. The Hall–Kier alpha value is -2.55. The fraction of sp³-hybridized carbons (Fsp3) is 0. The Morgan fingerprint density at radius 3 is 2.58 bits per heavy atom. The summed E-state index contributed by atoms with van der Waals surface area (Å²) in [7, 11) is 0. The molecule has 2 aromatic rings. The minimum Gasteiger partial charge on any atom is -0.478 e. The molecule has 0 aliphatic rings. The maximum Gasteiger partial charge on any atom is 0.338 e. The SMILES string of the molecule is O=C(O)c1cc([N+](=O)[O-])cnc1Sc1ncccn1. The molecule has 96 valence electrons. The second-order valence-electron chi connectivity index (χ2n) is 3.24. The van der Waals surface area contributed by atoms with Gasteiger partial charge in [-0.1, -0.05) is 0 Å². The summed E-state index contributed by atoms with van der Waals surface area (Å²) in [6, 6.07) is 2.58. The Labute approximate surface area is 110 Å². The Bertz CT molecular complexity index is 635. The number of aromatic nitrogens is 3. The zero-order chi connectivity index (χ0) is 13.8. The number of nitro groups is 1. The number of aromatic carboxylic acids is 1. The first-order valence-electron chi connectivity index (χ1n) is 4.90. The summed E-state index contributed by atoms with van der Waals surface area (Å²) in [5.41, 5.74) is -0.637. The van der Waals surface area contributed by atoms with E-state index in [0.29, 0.717) is 5.16 Å². The molecule has 0 fully saturated rings. The van der Waals surface area contributed by atoms with Crippen LogP contribution in [0.2, 0.25) is 0 Å². The van der Waals surface area contributed by atoms with Crippen LogP contribution in [0.3, 0.4) is 0 Å². The van der Waals surface area contributed by atoms with Gasteiger partial charge in [-0.25, -0.2) is 19.7 Å². The van der Waals surface area contributed by atoms with Gasteiger partial charge in [0.25, 0.3) is 5.69 Å². The highest BCUT2D eigenvalue weighted by Crippen LogP contribution is 2.27. The zero-order valence-corrected chi connectivity index (χ0v) is 10.1. The molecule has 0 bridgehead atoms. The van der Waals surface area contributed by atoms with Gasteiger partial charge in [-0.3, -0.25) is 10.1 Å². The van der Waals surface area contributed by atoms with Crippen LogP contribution in [0.4, 0.5) is 5.69 Å². The van der Waals surface area contributed by atoms with Crippen LogP contribution in [0.1, 0.15) is 10.4 Å². The van der Waals surface area contributed by atoms with Crippen molar-refractivity contribution in [2.45, 2.75) is 10.2 Å². The first kappa shape index (κ1) is 12.9. The number of carboxylic acid groups (broad SMARTS) is 1. The maximum atomic E-state index is 11.1. The van der Waals surface area contributed by atoms with Gasteiger partial charge in [0, 0.05) is 18.5 Å². The van der Waals surface area contributed by atoms with Gasteiger partial charge in [-0.15, -0.1) is 0 Å². The monoisotopic (exact) mass is 278 g/mol. The van der Waals surface area contributed by atoms with Gasteiger partial charge in [-0.2, -0.15) is 0 Å². The Morgan fingerprint density at radius 1 is 1.32 bits per heavy atom. The number of hydrogen-bond acceptors (Lipinski definition) is 7. The van der Waals surface area contributed by atoms with Crippen molar-refractivity contribution in [1.82, 2.24) is 15.0 Å². The molecule has 0 aliphatic carbocycles. The molecule has 0 saturated carbocycles. The van der Waals surface area contributed by atoms with Crippen LogP contribution < -0.4 is 0 Å². The molecule has 0 spiro atoms. The second kappa shape index (κ2) is 5.40. The third-order valence-corrected chi connectivity index (χ3v) is 2.92. The van der Waals surface area contributed by atoms with E-state index in [1.165, 1.54) is 12.4 Å². The third kappa shape index (κ3) is 3.01. The molecule has 0 radical (unpaired) electrons. The number of pyridine rings is 1. The highest BCUT2D eigenvalue weighted by atomic mass is 32.2. The molecular weight excluding hydrogens is 272 g/mol. The molecule has 1 N–H and O–H groups in total. The summed E-state index contributed by atoms with van der Waals surface area (Å²) < 4.78 is 0. The van der Waals surface area contributed by atoms with Crippen LogP contribution in [0, 0.1) is 10.1 Å². The summed E-state index contributed by atoms with van der Waals surface area (Å²) in [5.74, 6) is -1.30. The molecule has 0 unspecified atom stereocenters. The molecule has 9 heteroatoms. The summed E-state index contributed by atoms with van der Waals surface area (Å²) in [4.78, 5) is 32.6. The van der Waals surface area contributed by atoms with E-state index in [1.54, 1.807) is 6.07 Å². The van der Waals surface area contributed by atoms with Gasteiger partial charge in [0.15, 0.2) is 5.16 Å². The van der Waals surface area contributed by atoms with Crippen LogP contribution >= 0.6 is 11.8 Å². The van der Waals surface area contributed by atoms with Crippen LogP contribution in [0.5, 0.6) is 0 Å². The van der Waals surface area contributed by atoms with Crippen LogP contribution in [-0.4, -0.2) is 31.0 Å². The molecule has 19 heavy (non-hydrogen) atoms. The van der Waals surface area contributed by atoms with Crippen molar-refractivity contribution in [3.8, 4) is 0 Å². The van der Waals surface area contributed by atoms with E-state index in [-0.39, 0.29) is 16.3 Å². The van der Waals surface area contributed by atoms with Crippen LogP contribution in [-0.2, 0) is 0 Å². The van der Waals surface area contributed by atoms with Gasteiger partial charge in [-0.05, 0) is 17.8 Å². The summed E-state index contributed by atoms with van der Waals surface area (Å²) in [6.45, 7) is 0. The van der Waals surface area contributed by atoms with E-state index >= 15 is 0 Å². The fourth-order valence-corrected chi connectivity index (χ4v) is 1.96. The minimum absolute atomic E-state index is 0.101. The average molecular weight is 278 g/mol. The van der Waals surface area contributed by atoms with Crippen molar-refractivity contribution in [2.75, 3.05) is 0 Å². The van der Waals surface area contributed by atoms with Gasteiger partial charge in [0.2, 0.25) is 0 Å². The van der Waals surface area contributed by atoms with Gasteiger partial charge < -0.3 is 5.11 Å². The molecule has 0 saturated heterocycles. The van der Waals surface area contributed by atoms with Gasteiger partial charge in [0.05, 0.1) is 10.5 Å². The number of hydrogen-bond donors (Lipinski definition) is 1. The Kier molecular flexibility index (Phi) is 3.66. The average Bonchev–Trinajstić information content (AvgIpc) is 2.39. The lowest BCUT2D eigenvalue weighted by Crippen LogP contribution is -2.03. The van der Waals surface area contributed by atoms with E-state index in [1.807, 2.05) is 0 Å². The lowest BCUT2D eigenvalue weighted by molar-refractivity contribution is -0.385. The largest absolute Gasteiger partial charge is 0.478 e. The minimum atomic E-state index is -1.30. The molecular formula is C10H6N4O4S. The molecule has 2 heterocycles. The highest BCUT2D eigenvalue weighted by Gasteiger charge is 2.18. The number of carboxylic acids is 1. The third-order valence-electron chi connectivity index (χ3n) is 2.01. The van der Waals surface area contributed by atoms with Crippen molar-refractivity contribution < 1.29 is 14.8 Å². The fourth-order valence-electron chi connectivity index (χ4n) is 1.20. The predicted molar refractivity (Wildman–Crippen MR) is 64.0 cm³/mol. The number of rotatable bonds is 4. The standard InChI is InChI=1S/C10H6N4O4S/c15-9(16)7-4-6(14(17)18)5-13-8(7)19-10-11-2-1-3-12-10/h1-5H,(H,15,16). The van der Waals surface area contributed by atoms with Crippen molar-refractivity contribution in [3.05, 3.63) is 46.4 Å². The maximum absolute atomic E-state index is 11.1. The molecule has 2 aromatic heterocycles. The van der Waals surface area contributed by atoms with Gasteiger partial charge >= 0.3 is 5.97 Å². The zero-order valence-electron chi connectivity index (χ0n) is 9.26. The van der Waals surface area contributed by atoms with E-state index in [4.69, 9.17) is 5.11 Å². The molecule has 2 rings (SSSR count). The number of carbonyl (C=O) groups is 1. The van der Waals surface area contributed by atoms with Crippen molar-refractivity contribution in [1.29, 1.82) is 0 Å². The number of nitrogens with zero attached hydrogens (tertiary/aromatic N) is 4. The lowest BCUT2D eigenvalue weighted by Gasteiger charge is -2.03.